The molecule has 2 aromatic carbocycles. The minimum absolute atomic E-state index is 0.138. The third kappa shape index (κ3) is 5.06. The van der Waals surface area contributed by atoms with Gasteiger partial charge in [0.05, 0.1) is 5.41 Å². The maximum atomic E-state index is 13.1. The first-order valence-electron chi connectivity index (χ1n) is 10.2. The number of rotatable bonds is 7. The van der Waals surface area contributed by atoms with Gasteiger partial charge < -0.3 is 9.80 Å². The molecule has 1 aliphatic rings. The molecule has 1 aliphatic heterocycles. The summed E-state index contributed by atoms with van der Waals surface area (Å²) >= 11 is 6.22. The maximum absolute atomic E-state index is 13.1. The largest absolute Gasteiger partial charge is 0.348 e. The smallest absolute Gasteiger partial charge is 0.232 e. The van der Waals surface area contributed by atoms with Crippen LogP contribution in [-0.2, 0) is 10.2 Å². The van der Waals surface area contributed by atoms with E-state index < -0.39 is 5.41 Å². The normalized spacial score (nSPS) is 16.4. The Morgan fingerprint density at radius 2 is 1.72 bits per heavy atom. The van der Waals surface area contributed by atoms with Crippen molar-refractivity contribution in [2.24, 2.45) is 0 Å². The van der Waals surface area contributed by atoms with E-state index in [1.165, 1.54) is 0 Å². The molecule has 0 unspecified atom stereocenters. The van der Waals surface area contributed by atoms with Crippen LogP contribution < -0.4 is 0 Å². The predicted molar refractivity (Wildman–Crippen MR) is 118 cm³/mol. The number of hydrogen-bond acceptors (Lipinski definition) is 3. The SMILES string of the molecule is CN(C)C(=O)C1(c2cccc(Cl)c2)CCN(CCCC(=O)c2ccccc2)CC1. The summed E-state index contributed by atoms with van der Waals surface area (Å²) in [5.74, 6) is 0.331. The van der Waals surface area contributed by atoms with Crippen molar-refractivity contribution in [2.75, 3.05) is 33.7 Å². The number of carbonyl (C=O) groups excluding carboxylic acids is 2. The number of benzene rings is 2. The second-order valence-electron chi connectivity index (χ2n) is 8.03. The van der Waals surface area contributed by atoms with Crippen LogP contribution in [-0.4, -0.2) is 55.2 Å². The number of nitrogens with zero attached hydrogens (tertiary/aromatic N) is 2. The molecule has 0 radical (unpaired) electrons. The van der Waals surface area contributed by atoms with E-state index in [2.05, 4.69) is 4.90 Å². The Kier molecular flexibility index (Phi) is 7.09. The van der Waals surface area contributed by atoms with Gasteiger partial charge in [0.15, 0.2) is 5.78 Å². The van der Waals surface area contributed by atoms with Gasteiger partial charge in [-0.25, -0.2) is 0 Å². The third-order valence-corrected chi connectivity index (χ3v) is 6.11. The molecule has 4 nitrogen and oxygen atoms in total. The molecule has 0 aromatic heterocycles. The molecule has 1 heterocycles. The maximum Gasteiger partial charge on any atom is 0.232 e. The van der Waals surface area contributed by atoms with Crippen molar-refractivity contribution < 1.29 is 9.59 Å². The molecule has 0 atom stereocenters. The minimum Gasteiger partial charge on any atom is -0.348 e. The summed E-state index contributed by atoms with van der Waals surface area (Å²) in [5.41, 5.74) is 1.26. The fraction of sp³-hybridized carbons (Fsp3) is 0.417. The van der Waals surface area contributed by atoms with E-state index in [-0.39, 0.29) is 11.7 Å². The van der Waals surface area contributed by atoms with Crippen LogP contribution in [0.25, 0.3) is 0 Å². The molecule has 0 spiro atoms. The number of likely N-dealkylation sites (N-methyl/N-ethyl adjacent to an activating group) is 1. The first kappa shape index (κ1) is 21.5. The Morgan fingerprint density at radius 3 is 2.34 bits per heavy atom. The zero-order chi connectivity index (χ0) is 20.9. The highest BCUT2D eigenvalue weighted by Gasteiger charge is 2.43. The van der Waals surface area contributed by atoms with Gasteiger partial charge in [-0.2, -0.15) is 0 Å². The Balaban J connectivity index is 1.60. The van der Waals surface area contributed by atoms with E-state index in [0.29, 0.717) is 11.4 Å². The Hall–Kier alpha value is -2.17. The number of hydrogen-bond donors (Lipinski definition) is 0. The first-order chi connectivity index (χ1) is 13.9. The molecular formula is C24H29ClN2O2. The number of piperidine rings is 1. The summed E-state index contributed by atoms with van der Waals surface area (Å²) in [6, 6.07) is 17.2. The molecule has 0 aliphatic carbocycles. The van der Waals surface area contributed by atoms with Gasteiger partial charge in [0, 0.05) is 31.1 Å². The molecule has 1 fully saturated rings. The number of carbonyl (C=O) groups is 2. The average molecular weight is 413 g/mol. The number of Topliss-reactive ketones (excluding diaryl/α,β-unsaturated/α-hetero) is 1. The molecule has 5 heteroatoms. The number of halogens is 1. The first-order valence-corrected chi connectivity index (χ1v) is 10.6. The quantitative estimate of drug-likeness (QED) is 0.632. The fourth-order valence-corrected chi connectivity index (χ4v) is 4.42. The topological polar surface area (TPSA) is 40.6 Å². The summed E-state index contributed by atoms with van der Waals surface area (Å²) in [5, 5.41) is 0.662. The second-order valence-corrected chi connectivity index (χ2v) is 8.46. The molecular weight excluding hydrogens is 384 g/mol. The summed E-state index contributed by atoms with van der Waals surface area (Å²) in [4.78, 5) is 29.5. The van der Waals surface area contributed by atoms with E-state index in [4.69, 9.17) is 11.6 Å². The average Bonchev–Trinajstić information content (AvgIpc) is 2.74. The van der Waals surface area contributed by atoms with Crippen LogP contribution in [0.3, 0.4) is 0 Å². The molecule has 0 bridgehead atoms. The van der Waals surface area contributed by atoms with Crippen LogP contribution in [0, 0.1) is 0 Å². The zero-order valence-corrected chi connectivity index (χ0v) is 18.0. The van der Waals surface area contributed by atoms with E-state index in [0.717, 1.165) is 50.0 Å². The molecule has 154 valence electrons. The van der Waals surface area contributed by atoms with Crippen molar-refractivity contribution >= 4 is 23.3 Å². The van der Waals surface area contributed by atoms with Gasteiger partial charge in [-0.15, -0.1) is 0 Å². The van der Waals surface area contributed by atoms with Crippen molar-refractivity contribution in [3.8, 4) is 0 Å². The van der Waals surface area contributed by atoms with Crippen molar-refractivity contribution in [1.29, 1.82) is 0 Å². The van der Waals surface area contributed by atoms with Gasteiger partial charge in [-0.1, -0.05) is 54.1 Å². The van der Waals surface area contributed by atoms with E-state index in [1.54, 1.807) is 4.90 Å². The van der Waals surface area contributed by atoms with Gasteiger partial charge in [0.1, 0.15) is 0 Å². The molecule has 3 rings (SSSR count). The van der Waals surface area contributed by atoms with E-state index >= 15 is 0 Å². The molecule has 0 saturated carbocycles. The van der Waals surface area contributed by atoms with Crippen LogP contribution in [0.2, 0.25) is 5.02 Å². The monoisotopic (exact) mass is 412 g/mol. The molecule has 0 N–H and O–H groups in total. The minimum atomic E-state index is -0.523. The lowest BCUT2D eigenvalue weighted by Crippen LogP contribution is -2.51. The Bertz CT molecular complexity index is 843. The van der Waals surface area contributed by atoms with Crippen LogP contribution >= 0.6 is 11.6 Å². The lowest BCUT2D eigenvalue weighted by molar-refractivity contribution is -0.136. The van der Waals surface area contributed by atoms with Gasteiger partial charge in [-0.05, 0) is 56.6 Å². The van der Waals surface area contributed by atoms with Gasteiger partial charge in [0.2, 0.25) is 5.91 Å². The molecule has 2 aromatic rings. The Morgan fingerprint density at radius 1 is 1.03 bits per heavy atom. The van der Waals surface area contributed by atoms with Gasteiger partial charge >= 0.3 is 0 Å². The summed E-state index contributed by atoms with van der Waals surface area (Å²) in [6.45, 7) is 2.55. The van der Waals surface area contributed by atoms with Gasteiger partial charge in [-0.3, -0.25) is 9.59 Å². The Labute approximate surface area is 178 Å². The van der Waals surface area contributed by atoms with Crippen LogP contribution in [0.4, 0.5) is 0 Å². The summed E-state index contributed by atoms with van der Waals surface area (Å²) < 4.78 is 0. The highest BCUT2D eigenvalue weighted by atomic mass is 35.5. The third-order valence-electron chi connectivity index (χ3n) is 5.88. The lowest BCUT2D eigenvalue weighted by Gasteiger charge is -2.42. The van der Waals surface area contributed by atoms with Crippen molar-refractivity contribution in [3.05, 3.63) is 70.7 Å². The van der Waals surface area contributed by atoms with Crippen molar-refractivity contribution in [1.82, 2.24) is 9.80 Å². The number of ketones is 1. The van der Waals surface area contributed by atoms with E-state index in [1.807, 2.05) is 68.7 Å². The van der Waals surface area contributed by atoms with Gasteiger partial charge in [0.25, 0.3) is 0 Å². The predicted octanol–water partition coefficient (Wildman–Crippen LogP) is 4.42. The standard InChI is InChI=1S/C24H29ClN2O2/c1-26(2)23(29)24(20-10-6-11-21(25)18-20)13-16-27(17-14-24)15-7-12-22(28)19-8-4-3-5-9-19/h3-6,8-11,18H,7,12-17H2,1-2H3. The number of likely N-dealkylation sites (tertiary alicyclic amines) is 1. The lowest BCUT2D eigenvalue weighted by atomic mass is 9.71. The molecule has 29 heavy (non-hydrogen) atoms. The molecule has 1 saturated heterocycles. The highest BCUT2D eigenvalue weighted by Crippen LogP contribution is 2.38. The summed E-state index contributed by atoms with van der Waals surface area (Å²) in [6.07, 6.45) is 2.91. The summed E-state index contributed by atoms with van der Waals surface area (Å²) in [7, 11) is 3.63. The van der Waals surface area contributed by atoms with Crippen molar-refractivity contribution in [3.63, 3.8) is 0 Å². The van der Waals surface area contributed by atoms with Crippen LogP contribution in [0.5, 0.6) is 0 Å². The number of amides is 1. The van der Waals surface area contributed by atoms with Crippen molar-refractivity contribution in [2.45, 2.75) is 31.1 Å². The van der Waals surface area contributed by atoms with Crippen LogP contribution in [0.15, 0.2) is 54.6 Å². The van der Waals surface area contributed by atoms with Crippen LogP contribution in [0.1, 0.15) is 41.6 Å². The second kappa shape index (κ2) is 9.55. The van der Waals surface area contributed by atoms with E-state index in [9.17, 15) is 9.59 Å². The fourth-order valence-electron chi connectivity index (χ4n) is 4.23. The molecule has 1 amide bonds. The zero-order valence-electron chi connectivity index (χ0n) is 17.2. The highest BCUT2D eigenvalue weighted by molar-refractivity contribution is 6.30.